The normalized spacial score (nSPS) is 17.3. The topological polar surface area (TPSA) is 0 Å². The summed E-state index contributed by atoms with van der Waals surface area (Å²) in [4.78, 5) is 0. The molecule has 1 saturated carbocycles. The maximum atomic E-state index is 14.6. The Kier molecular flexibility index (Phi) is 14.6. The van der Waals surface area contributed by atoms with Crippen LogP contribution in [-0.2, 0) is 6.42 Å². The molecule has 4 rings (SSSR count). The Bertz CT molecular complexity index is 1420. The van der Waals surface area contributed by atoms with E-state index in [9.17, 15) is 4.39 Å². The van der Waals surface area contributed by atoms with Crippen molar-refractivity contribution in [3.63, 3.8) is 0 Å². The molecule has 0 aromatic heterocycles. The number of aryl methyl sites for hydroxylation is 2. The van der Waals surface area contributed by atoms with Gasteiger partial charge in [0.2, 0.25) is 0 Å². The van der Waals surface area contributed by atoms with Crippen LogP contribution in [0.15, 0.2) is 78.9 Å². The lowest BCUT2D eigenvalue weighted by Crippen LogP contribution is -2.25. The van der Waals surface area contributed by atoms with Crippen molar-refractivity contribution < 1.29 is 4.39 Å². The van der Waals surface area contributed by atoms with Crippen LogP contribution in [0.5, 0.6) is 0 Å². The SMILES string of the molecule is C=C(C)c1ccc(-c2ccc(C)c(CC(C(=C)/C(C)=C(\C)c3c(C)ccc(F)c3C)C3CCC(C)CC3)c2)cc1.CC.CC. The molecule has 1 aliphatic carbocycles. The molecule has 0 aliphatic heterocycles. The van der Waals surface area contributed by atoms with Gasteiger partial charge in [0.25, 0.3) is 0 Å². The smallest absolute Gasteiger partial charge is 0.126 e. The van der Waals surface area contributed by atoms with Crippen molar-refractivity contribution in [2.24, 2.45) is 17.8 Å². The molecule has 1 atom stereocenters. The fourth-order valence-electron chi connectivity index (χ4n) is 6.62. The molecule has 0 radical (unpaired) electrons. The molecule has 1 unspecified atom stereocenters. The van der Waals surface area contributed by atoms with E-state index in [1.807, 2.05) is 47.6 Å². The van der Waals surface area contributed by atoms with E-state index in [1.165, 1.54) is 64.6 Å². The van der Waals surface area contributed by atoms with Crippen LogP contribution in [0.1, 0.15) is 114 Å². The third kappa shape index (κ3) is 8.93. The van der Waals surface area contributed by atoms with Crippen LogP contribution in [0.4, 0.5) is 4.39 Å². The van der Waals surface area contributed by atoms with Gasteiger partial charge in [0, 0.05) is 0 Å². The predicted octanol–water partition coefficient (Wildman–Crippen LogP) is 13.5. The minimum absolute atomic E-state index is 0.139. The summed E-state index contributed by atoms with van der Waals surface area (Å²) in [7, 11) is 0. The van der Waals surface area contributed by atoms with Gasteiger partial charge in [-0.2, -0.15) is 0 Å². The highest BCUT2D eigenvalue weighted by Crippen LogP contribution is 2.42. The first-order valence-electron chi connectivity index (χ1n) is 17.0. The first kappa shape index (κ1) is 37.0. The van der Waals surface area contributed by atoms with Crippen molar-refractivity contribution in [2.75, 3.05) is 0 Å². The zero-order chi connectivity index (χ0) is 33.1. The van der Waals surface area contributed by atoms with Gasteiger partial charge in [0.1, 0.15) is 5.82 Å². The van der Waals surface area contributed by atoms with E-state index in [-0.39, 0.29) is 5.82 Å². The number of hydrogen-bond acceptors (Lipinski definition) is 0. The maximum absolute atomic E-state index is 14.6. The molecule has 3 aromatic rings. The molecule has 1 fully saturated rings. The van der Waals surface area contributed by atoms with Gasteiger partial charge in [0.05, 0.1) is 0 Å². The van der Waals surface area contributed by atoms with Gasteiger partial charge in [0.15, 0.2) is 0 Å². The number of benzene rings is 3. The summed E-state index contributed by atoms with van der Waals surface area (Å²) in [5.74, 6) is 1.63. The third-order valence-electron chi connectivity index (χ3n) is 9.60. The van der Waals surface area contributed by atoms with Gasteiger partial charge >= 0.3 is 0 Å². The molecule has 0 N–H and O–H groups in total. The molecule has 238 valence electrons. The Balaban J connectivity index is 0.00000162. The fourth-order valence-corrected chi connectivity index (χ4v) is 6.62. The van der Waals surface area contributed by atoms with E-state index in [4.69, 9.17) is 6.58 Å². The average molecular weight is 595 g/mol. The van der Waals surface area contributed by atoms with Crippen LogP contribution in [0.3, 0.4) is 0 Å². The van der Waals surface area contributed by atoms with Gasteiger partial charge in [-0.3, -0.25) is 0 Å². The summed E-state index contributed by atoms with van der Waals surface area (Å²) < 4.78 is 14.6. The van der Waals surface area contributed by atoms with Crippen molar-refractivity contribution in [2.45, 2.75) is 108 Å². The lowest BCUT2D eigenvalue weighted by atomic mass is 9.70. The van der Waals surface area contributed by atoms with E-state index >= 15 is 0 Å². The Morgan fingerprint density at radius 3 is 1.89 bits per heavy atom. The fraction of sp³-hybridized carbons (Fsp3) is 0.442. The summed E-state index contributed by atoms with van der Waals surface area (Å²) in [6.07, 6.45) is 6.04. The second kappa shape index (κ2) is 17.3. The molecule has 1 aliphatic rings. The van der Waals surface area contributed by atoms with Crippen molar-refractivity contribution in [3.8, 4) is 11.1 Å². The molecular formula is C43H59F. The van der Waals surface area contributed by atoms with Gasteiger partial charge in [-0.15, -0.1) is 0 Å². The molecule has 0 spiro atoms. The quantitative estimate of drug-likeness (QED) is 0.228. The van der Waals surface area contributed by atoms with Crippen molar-refractivity contribution >= 4 is 11.1 Å². The highest BCUT2D eigenvalue weighted by molar-refractivity contribution is 5.75. The second-order valence-corrected chi connectivity index (χ2v) is 12.5. The van der Waals surface area contributed by atoms with Crippen LogP contribution >= 0.6 is 0 Å². The van der Waals surface area contributed by atoms with Gasteiger partial charge in [-0.25, -0.2) is 4.39 Å². The van der Waals surface area contributed by atoms with E-state index < -0.39 is 0 Å². The molecule has 0 amide bonds. The molecule has 0 nitrogen and oxygen atoms in total. The van der Waals surface area contributed by atoms with Crippen molar-refractivity contribution in [1.29, 1.82) is 0 Å². The van der Waals surface area contributed by atoms with E-state index in [1.54, 1.807) is 6.07 Å². The number of allylic oxidation sites excluding steroid dienone is 4. The van der Waals surface area contributed by atoms with E-state index in [0.29, 0.717) is 11.8 Å². The van der Waals surface area contributed by atoms with Gasteiger partial charge < -0.3 is 0 Å². The molecule has 0 bridgehead atoms. The minimum atomic E-state index is -0.139. The predicted molar refractivity (Wildman–Crippen MR) is 196 cm³/mol. The molecule has 3 aromatic carbocycles. The van der Waals surface area contributed by atoms with E-state index in [2.05, 4.69) is 83.7 Å². The van der Waals surface area contributed by atoms with Crippen LogP contribution in [0, 0.1) is 44.3 Å². The average Bonchev–Trinajstić information content (AvgIpc) is 3.04. The highest BCUT2D eigenvalue weighted by atomic mass is 19.1. The van der Waals surface area contributed by atoms with E-state index in [0.717, 1.165) is 40.2 Å². The molecule has 0 saturated heterocycles. The van der Waals surface area contributed by atoms with Crippen LogP contribution in [0.25, 0.3) is 22.3 Å². The zero-order valence-electron chi connectivity index (χ0n) is 29.8. The number of halogens is 1. The minimum Gasteiger partial charge on any atom is -0.207 e. The Labute approximate surface area is 270 Å². The van der Waals surface area contributed by atoms with Gasteiger partial charge in [-0.05, 0) is 146 Å². The van der Waals surface area contributed by atoms with Crippen molar-refractivity contribution in [1.82, 2.24) is 0 Å². The summed E-state index contributed by atoms with van der Waals surface area (Å²) >= 11 is 0. The van der Waals surface area contributed by atoms with Crippen LogP contribution in [-0.4, -0.2) is 0 Å². The third-order valence-corrected chi connectivity index (χ3v) is 9.60. The zero-order valence-corrected chi connectivity index (χ0v) is 29.8. The summed E-state index contributed by atoms with van der Waals surface area (Å²) in [5, 5.41) is 0. The summed E-state index contributed by atoms with van der Waals surface area (Å²) in [5.41, 5.74) is 13.9. The summed E-state index contributed by atoms with van der Waals surface area (Å²) in [6, 6.07) is 19.1. The van der Waals surface area contributed by atoms with Gasteiger partial charge in [-0.1, -0.05) is 115 Å². The monoisotopic (exact) mass is 594 g/mol. The summed E-state index contributed by atoms with van der Waals surface area (Å²) in [6.45, 7) is 31.8. The lowest BCUT2D eigenvalue weighted by Gasteiger charge is -2.35. The second-order valence-electron chi connectivity index (χ2n) is 12.5. The van der Waals surface area contributed by atoms with Crippen LogP contribution < -0.4 is 0 Å². The molecular weight excluding hydrogens is 535 g/mol. The van der Waals surface area contributed by atoms with Crippen LogP contribution in [0.2, 0.25) is 0 Å². The standard InChI is InChI=1S/C39H47F.2C2H6/c1-24(2)32-17-19-33(20-18-32)35-16-12-26(4)36(22-35)23-37(34-14-10-25(3)11-15-34)29(7)28(6)30(8)39-27(5)13-21-38(40)31(39)9;2*1-2/h12-13,16-22,25,34,37H,1,7,10-11,14-15,23H2,2-6,8-9H3;2*1-2H3/b30-28+;;. The Morgan fingerprint density at radius 1 is 0.773 bits per heavy atom. The molecule has 44 heavy (non-hydrogen) atoms. The van der Waals surface area contributed by atoms with Crippen molar-refractivity contribution in [3.05, 3.63) is 118 Å². The highest BCUT2D eigenvalue weighted by Gasteiger charge is 2.30. The number of rotatable bonds is 8. The molecule has 1 heteroatoms. The lowest BCUT2D eigenvalue weighted by molar-refractivity contribution is 0.233. The Hall–Kier alpha value is -3.19. The Morgan fingerprint density at radius 2 is 1.32 bits per heavy atom. The first-order valence-corrected chi connectivity index (χ1v) is 17.0. The molecule has 0 heterocycles. The number of hydrogen-bond donors (Lipinski definition) is 0. The first-order chi connectivity index (χ1) is 21.0. The largest absolute Gasteiger partial charge is 0.207 e. The maximum Gasteiger partial charge on any atom is 0.126 e.